The standard InChI is InChI=1S/C9H12N4O/c1-14-3-2-12-9-8(11)4-7(5-10)6-13-9/h4,6H,2-3,11H2,1H3,(H,12,13). The van der Waals surface area contributed by atoms with Crippen LogP contribution in [-0.2, 0) is 4.74 Å². The van der Waals surface area contributed by atoms with E-state index in [1.165, 1.54) is 6.20 Å². The molecule has 0 unspecified atom stereocenters. The van der Waals surface area contributed by atoms with Gasteiger partial charge in [-0.1, -0.05) is 0 Å². The normalized spacial score (nSPS) is 9.43. The third-order valence-corrected chi connectivity index (χ3v) is 1.64. The number of anilines is 2. The van der Waals surface area contributed by atoms with E-state index in [1.807, 2.05) is 6.07 Å². The fraction of sp³-hybridized carbons (Fsp3) is 0.333. The minimum absolute atomic E-state index is 0.458. The molecule has 1 aromatic heterocycles. The zero-order valence-corrected chi connectivity index (χ0v) is 7.95. The molecule has 0 saturated heterocycles. The molecule has 0 saturated carbocycles. The average molecular weight is 192 g/mol. The van der Waals surface area contributed by atoms with Crippen LogP contribution >= 0.6 is 0 Å². The van der Waals surface area contributed by atoms with Crippen molar-refractivity contribution in [2.45, 2.75) is 0 Å². The molecule has 74 valence electrons. The van der Waals surface area contributed by atoms with Crippen LogP contribution in [0, 0.1) is 11.3 Å². The number of nitriles is 1. The Labute approximate surface area is 82.5 Å². The van der Waals surface area contributed by atoms with Gasteiger partial charge in [0.05, 0.1) is 17.9 Å². The number of nitrogens with one attached hydrogen (secondary N) is 1. The minimum Gasteiger partial charge on any atom is -0.396 e. The van der Waals surface area contributed by atoms with Crippen LogP contribution in [-0.4, -0.2) is 25.2 Å². The molecular weight excluding hydrogens is 180 g/mol. The van der Waals surface area contributed by atoms with Crippen molar-refractivity contribution in [2.75, 3.05) is 31.3 Å². The summed E-state index contributed by atoms with van der Waals surface area (Å²) < 4.78 is 4.86. The van der Waals surface area contributed by atoms with Crippen LogP contribution in [0.1, 0.15) is 5.56 Å². The van der Waals surface area contributed by atoms with Crippen molar-refractivity contribution in [1.82, 2.24) is 4.98 Å². The van der Waals surface area contributed by atoms with Crippen molar-refractivity contribution < 1.29 is 4.74 Å². The maximum Gasteiger partial charge on any atom is 0.149 e. The van der Waals surface area contributed by atoms with E-state index in [1.54, 1.807) is 13.2 Å². The molecule has 5 heteroatoms. The lowest BCUT2D eigenvalue weighted by Gasteiger charge is -2.07. The number of nitrogen functional groups attached to an aromatic ring is 1. The highest BCUT2D eigenvalue weighted by Gasteiger charge is 2.00. The summed E-state index contributed by atoms with van der Waals surface area (Å²) in [6.07, 6.45) is 1.48. The van der Waals surface area contributed by atoms with Crippen LogP contribution in [0.3, 0.4) is 0 Å². The van der Waals surface area contributed by atoms with Crippen LogP contribution in [0.4, 0.5) is 11.5 Å². The van der Waals surface area contributed by atoms with Gasteiger partial charge >= 0.3 is 0 Å². The zero-order valence-electron chi connectivity index (χ0n) is 7.95. The fourth-order valence-corrected chi connectivity index (χ4v) is 0.962. The van der Waals surface area contributed by atoms with Gasteiger partial charge in [0.1, 0.15) is 11.9 Å². The van der Waals surface area contributed by atoms with Crippen molar-refractivity contribution in [2.24, 2.45) is 0 Å². The molecule has 0 radical (unpaired) electrons. The fourth-order valence-electron chi connectivity index (χ4n) is 0.962. The summed E-state index contributed by atoms with van der Waals surface area (Å²) >= 11 is 0. The second-order valence-electron chi connectivity index (χ2n) is 2.69. The Balaban J connectivity index is 2.65. The molecule has 0 amide bonds. The summed E-state index contributed by atoms with van der Waals surface area (Å²) in [5, 5.41) is 11.6. The minimum atomic E-state index is 0.458. The topological polar surface area (TPSA) is 84.0 Å². The second kappa shape index (κ2) is 5.04. The van der Waals surface area contributed by atoms with Gasteiger partial charge in [0.15, 0.2) is 0 Å². The Bertz CT molecular complexity index is 345. The number of ether oxygens (including phenoxy) is 1. The molecule has 0 spiro atoms. The molecule has 0 aliphatic heterocycles. The van der Waals surface area contributed by atoms with Gasteiger partial charge in [-0.25, -0.2) is 4.98 Å². The van der Waals surface area contributed by atoms with Crippen LogP contribution in [0.5, 0.6) is 0 Å². The molecule has 1 heterocycles. The van der Waals surface area contributed by atoms with E-state index in [2.05, 4.69) is 10.3 Å². The third kappa shape index (κ3) is 2.61. The summed E-state index contributed by atoms with van der Waals surface area (Å²) in [5.41, 5.74) is 6.59. The number of hydrogen-bond donors (Lipinski definition) is 2. The van der Waals surface area contributed by atoms with E-state index in [4.69, 9.17) is 15.7 Å². The van der Waals surface area contributed by atoms with Gasteiger partial charge in [-0.15, -0.1) is 0 Å². The van der Waals surface area contributed by atoms with Gasteiger partial charge in [-0.2, -0.15) is 5.26 Å². The van der Waals surface area contributed by atoms with Crippen molar-refractivity contribution in [3.05, 3.63) is 17.8 Å². The van der Waals surface area contributed by atoms with Gasteiger partial charge in [-0.3, -0.25) is 0 Å². The van der Waals surface area contributed by atoms with E-state index in [0.29, 0.717) is 30.2 Å². The summed E-state index contributed by atoms with van der Waals surface area (Å²) in [4.78, 5) is 4.01. The number of hydrogen-bond acceptors (Lipinski definition) is 5. The molecule has 0 aliphatic rings. The largest absolute Gasteiger partial charge is 0.396 e. The molecule has 0 aromatic carbocycles. The maximum absolute atomic E-state index is 8.58. The van der Waals surface area contributed by atoms with Crippen molar-refractivity contribution in [1.29, 1.82) is 5.26 Å². The van der Waals surface area contributed by atoms with Gasteiger partial charge < -0.3 is 15.8 Å². The Morgan fingerprint density at radius 3 is 3.07 bits per heavy atom. The second-order valence-corrected chi connectivity index (χ2v) is 2.69. The highest BCUT2D eigenvalue weighted by molar-refractivity contribution is 5.62. The first-order chi connectivity index (χ1) is 6.77. The Morgan fingerprint density at radius 1 is 1.71 bits per heavy atom. The van der Waals surface area contributed by atoms with E-state index in [0.717, 1.165) is 0 Å². The highest BCUT2D eigenvalue weighted by atomic mass is 16.5. The van der Waals surface area contributed by atoms with Crippen LogP contribution < -0.4 is 11.1 Å². The summed E-state index contributed by atoms with van der Waals surface area (Å²) in [6, 6.07) is 3.55. The smallest absolute Gasteiger partial charge is 0.149 e. The van der Waals surface area contributed by atoms with E-state index in [-0.39, 0.29) is 0 Å². The van der Waals surface area contributed by atoms with Crippen LogP contribution in [0.2, 0.25) is 0 Å². The van der Waals surface area contributed by atoms with Gasteiger partial charge in [0.25, 0.3) is 0 Å². The molecule has 1 aromatic rings. The predicted molar refractivity (Wildman–Crippen MR) is 53.7 cm³/mol. The number of rotatable bonds is 4. The Kier molecular flexibility index (Phi) is 3.70. The molecule has 0 atom stereocenters. The Hall–Kier alpha value is -1.80. The first-order valence-electron chi connectivity index (χ1n) is 4.16. The lowest BCUT2D eigenvalue weighted by atomic mass is 10.3. The lowest BCUT2D eigenvalue weighted by molar-refractivity contribution is 0.210. The van der Waals surface area contributed by atoms with E-state index < -0.39 is 0 Å². The van der Waals surface area contributed by atoms with Crippen LogP contribution in [0.15, 0.2) is 12.3 Å². The first-order valence-corrected chi connectivity index (χ1v) is 4.16. The molecule has 0 fully saturated rings. The van der Waals surface area contributed by atoms with Crippen LogP contribution in [0.25, 0.3) is 0 Å². The van der Waals surface area contributed by atoms with Gasteiger partial charge in [0, 0.05) is 19.9 Å². The summed E-state index contributed by atoms with van der Waals surface area (Å²) in [6.45, 7) is 1.22. The number of nitrogens with zero attached hydrogens (tertiary/aromatic N) is 2. The molecular formula is C9H12N4O. The molecule has 0 aliphatic carbocycles. The zero-order chi connectivity index (χ0) is 10.4. The third-order valence-electron chi connectivity index (χ3n) is 1.64. The van der Waals surface area contributed by atoms with Crippen molar-refractivity contribution >= 4 is 11.5 Å². The first kappa shape index (κ1) is 10.3. The molecule has 0 bridgehead atoms. The number of pyridine rings is 1. The maximum atomic E-state index is 8.58. The average Bonchev–Trinajstić information content (AvgIpc) is 2.20. The highest BCUT2D eigenvalue weighted by Crippen LogP contribution is 2.15. The molecule has 1 rings (SSSR count). The van der Waals surface area contributed by atoms with E-state index >= 15 is 0 Å². The molecule has 3 N–H and O–H groups in total. The van der Waals surface area contributed by atoms with E-state index in [9.17, 15) is 0 Å². The SMILES string of the molecule is COCCNc1ncc(C#N)cc1N. The molecule has 5 nitrogen and oxygen atoms in total. The van der Waals surface area contributed by atoms with Gasteiger partial charge in [0.2, 0.25) is 0 Å². The number of methoxy groups -OCH3 is 1. The number of aromatic nitrogens is 1. The predicted octanol–water partition coefficient (Wildman–Crippen LogP) is 0.594. The Morgan fingerprint density at radius 2 is 2.50 bits per heavy atom. The van der Waals surface area contributed by atoms with Gasteiger partial charge in [-0.05, 0) is 6.07 Å². The van der Waals surface area contributed by atoms with Crippen molar-refractivity contribution in [3.63, 3.8) is 0 Å². The monoisotopic (exact) mass is 192 g/mol. The van der Waals surface area contributed by atoms with Crippen molar-refractivity contribution in [3.8, 4) is 6.07 Å². The molecule has 14 heavy (non-hydrogen) atoms. The quantitative estimate of drug-likeness (QED) is 0.682. The number of nitrogens with two attached hydrogens (primary N) is 1. The summed E-state index contributed by atoms with van der Waals surface area (Å²) in [5.74, 6) is 0.584. The lowest BCUT2D eigenvalue weighted by Crippen LogP contribution is -2.10. The summed E-state index contributed by atoms with van der Waals surface area (Å²) in [7, 11) is 1.62.